The van der Waals surface area contributed by atoms with E-state index in [1.54, 1.807) is 0 Å². The summed E-state index contributed by atoms with van der Waals surface area (Å²) < 4.78 is 12.0. The molecule has 2 rings (SSSR count). The predicted molar refractivity (Wildman–Crippen MR) is 152 cm³/mol. The number of hydrogen-bond donors (Lipinski definition) is 0. The minimum atomic E-state index is -1.42. The summed E-state index contributed by atoms with van der Waals surface area (Å²) in [5.74, 6) is 1.71. The van der Waals surface area contributed by atoms with Crippen LogP contribution in [0.3, 0.4) is 0 Å². The summed E-state index contributed by atoms with van der Waals surface area (Å²) in [6.45, 7) is 12.0. The van der Waals surface area contributed by atoms with Crippen LogP contribution in [0.2, 0.25) is 19.6 Å². The molecule has 0 bridgehead atoms. The first-order valence-electron chi connectivity index (χ1n) is 14.1. The first-order valence-corrected chi connectivity index (χ1v) is 17.5. The Morgan fingerprint density at radius 2 is 1.37 bits per heavy atom. The van der Waals surface area contributed by atoms with Crippen molar-refractivity contribution in [2.75, 3.05) is 6.61 Å². The molecule has 0 radical (unpaired) electrons. The molecule has 0 spiro atoms. The van der Waals surface area contributed by atoms with E-state index in [2.05, 4.69) is 55.6 Å². The molecule has 1 atom stereocenters. The zero-order chi connectivity index (χ0) is 25.4. The van der Waals surface area contributed by atoms with Gasteiger partial charge in [-0.25, -0.2) is 9.97 Å². The van der Waals surface area contributed by atoms with E-state index in [1.165, 1.54) is 69.8 Å². The highest BCUT2D eigenvalue weighted by molar-refractivity contribution is 6.69. The van der Waals surface area contributed by atoms with Gasteiger partial charge in [0.25, 0.3) is 0 Å². The average molecular weight is 499 g/mol. The van der Waals surface area contributed by atoms with Crippen LogP contribution in [-0.4, -0.2) is 31.0 Å². The minimum absolute atomic E-state index is 0.381. The van der Waals surface area contributed by atoms with Gasteiger partial charge >= 0.3 is 0 Å². The van der Waals surface area contributed by atoms with Crippen LogP contribution in [0.25, 0.3) is 11.4 Å². The molecule has 2 aromatic rings. The van der Waals surface area contributed by atoms with Gasteiger partial charge in [-0.15, -0.1) is 0 Å². The van der Waals surface area contributed by atoms with Crippen LogP contribution < -0.4 is 4.74 Å². The van der Waals surface area contributed by atoms with E-state index in [9.17, 15) is 0 Å². The summed E-state index contributed by atoms with van der Waals surface area (Å²) in [5, 5.41) is 0. The van der Waals surface area contributed by atoms with Gasteiger partial charge < -0.3 is 9.16 Å². The van der Waals surface area contributed by atoms with Crippen LogP contribution in [0.4, 0.5) is 0 Å². The largest absolute Gasteiger partial charge is 0.494 e. The first-order chi connectivity index (χ1) is 16.9. The molecule has 0 amide bonds. The van der Waals surface area contributed by atoms with Gasteiger partial charge in [-0.2, -0.15) is 0 Å². The molecule has 1 unspecified atom stereocenters. The molecule has 0 aliphatic carbocycles. The Bertz CT molecular complexity index is 787. The molecule has 0 saturated heterocycles. The zero-order valence-corrected chi connectivity index (χ0v) is 24.2. The van der Waals surface area contributed by atoms with Crippen molar-refractivity contribution in [2.45, 2.75) is 123 Å². The van der Waals surface area contributed by atoms with Crippen molar-refractivity contribution in [1.29, 1.82) is 0 Å². The Morgan fingerprint density at radius 1 is 0.771 bits per heavy atom. The highest BCUT2D eigenvalue weighted by Crippen LogP contribution is 2.20. The lowest BCUT2D eigenvalue weighted by atomic mass is 10.1. The number of unbranched alkanes of at least 4 members (excludes halogenated alkanes) is 9. The highest BCUT2D eigenvalue weighted by atomic mass is 28.4. The summed E-state index contributed by atoms with van der Waals surface area (Å²) in [6, 6.07) is 8.18. The molecule has 5 heteroatoms. The molecule has 0 aliphatic rings. The fourth-order valence-electron chi connectivity index (χ4n) is 4.36. The molecule has 4 nitrogen and oxygen atoms in total. The summed E-state index contributed by atoms with van der Waals surface area (Å²) in [6.07, 6.45) is 20.7. The maximum absolute atomic E-state index is 6.12. The fourth-order valence-corrected chi connectivity index (χ4v) is 5.68. The standard InChI is InChI=1S/C30H50N2O2Si/c1-6-7-8-9-10-11-12-16-23-33-29-21-19-28(20-22-29)30-31-24-27(25-32-30)18-15-13-14-17-26(2)34-35(3,4)5/h19-22,24-26H,6-18,23H2,1-5H3. The maximum atomic E-state index is 6.12. The quantitative estimate of drug-likeness (QED) is 0.143. The van der Waals surface area contributed by atoms with Crippen molar-refractivity contribution in [1.82, 2.24) is 9.97 Å². The van der Waals surface area contributed by atoms with Crippen molar-refractivity contribution in [3.8, 4) is 17.1 Å². The normalized spacial score (nSPS) is 12.6. The number of aryl methyl sites for hydroxylation is 1. The van der Waals surface area contributed by atoms with E-state index in [-0.39, 0.29) is 0 Å². The van der Waals surface area contributed by atoms with Gasteiger partial charge in [0.1, 0.15) is 5.75 Å². The van der Waals surface area contributed by atoms with E-state index in [0.29, 0.717) is 6.10 Å². The molecule has 0 fully saturated rings. The zero-order valence-electron chi connectivity index (χ0n) is 23.2. The van der Waals surface area contributed by atoms with E-state index in [4.69, 9.17) is 9.16 Å². The monoisotopic (exact) mass is 498 g/mol. The van der Waals surface area contributed by atoms with E-state index in [1.807, 2.05) is 24.5 Å². The number of ether oxygens (including phenoxy) is 1. The first kappa shape index (κ1) is 29.5. The van der Waals surface area contributed by atoms with Crippen molar-refractivity contribution in [2.24, 2.45) is 0 Å². The molecule has 1 heterocycles. The third-order valence-corrected chi connectivity index (χ3v) is 7.32. The number of hydrogen-bond acceptors (Lipinski definition) is 4. The molecule has 1 aromatic carbocycles. The average Bonchev–Trinajstić information content (AvgIpc) is 2.82. The lowest BCUT2D eigenvalue weighted by Crippen LogP contribution is -2.30. The summed E-state index contributed by atoms with van der Waals surface area (Å²) >= 11 is 0. The van der Waals surface area contributed by atoms with E-state index in [0.717, 1.165) is 43.0 Å². The molecule has 0 N–H and O–H groups in total. The highest BCUT2D eigenvalue weighted by Gasteiger charge is 2.17. The number of aromatic nitrogens is 2. The second-order valence-electron chi connectivity index (χ2n) is 10.9. The van der Waals surface area contributed by atoms with Gasteiger partial charge in [0.2, 0.25) is 0 Å². The second kappa shape index (κ2) is 16.9. The Hall–Kier alpha value is -1.72. The fraction of sp³-hybridized carbons (Fsp3) is 0.667. The third kappa shape index (κ3) is 13.8. The Labute approximate surface area is 216 Å². The molecular formula is C30H50N2O2Si. The Morgan fingerprint density at radius 3 is 2.00 bits per heavy atom. The topological polar surface area (TPSA) is 44.2 Å². The molecule has 1 aromatic heterocycles. The van der Waals surface area contributed by atoms with Crippen LogP contribution in [0.15, 0.2) is 36.7 Å². The van der Waals surface area contributed by atoms with Crippen LogP contribution in [0.5, 0.6) is 5.75 Å². The molecule has 0 saturated carbocycles. The Balaban J connectivity index is 1.61. The molecule has 0 aliphatic heterocycles. The Kier molecular flexibility index (Phi) is 14.2. The molecular weight excluding hydrogens is 448 g/mol. The van der Waals surface area contributed by atoms with Gasteiger partial charge in [-0.05, 0) is 82.1 Å². The van der Waals surface area contributed by atoms with E-state index >= 15 is 0 Å². The van der Waals surface area contributed by atoms with Gasteiger partial charge in [0.05, 0.1) is 6.61 Å². The lowest BCUT2D eigenvalue weighted by Gasteiger charge is -2.23. The molecule has 196 valence electrons. The van der Waals surface area contributed by atoms with Gasteiger partial charge in [-0.1, -0.05) is 64.7 Å². The SMILES string of the molecule is CCCCCCCCCCOc1ccc(-c2ncc(CCCCCC(C)O[Si](C)(C)C)cn2)cc1. The summed E-state index contributed by atoms with van der Waals surface area (Å²) in [4.78, 5) is 9.20. The van der Waals surface area contributed by atoms with E-state index < -0.39 is 8.32 Å². The van der Waals surface area contributed by atoms with Crippen LogP contribution in [0.1, 0.15) is 96.5 Å². The van der Waals surface area contributed by atoms with Crippen LogP contribution in [-0.2, 0) is 10.8 Å². The van der Waals surface area contributed by atoms with Crippen molar-refractivity contribution >= 4 is 8.32 Å². The van der Waals surface area contributed by atoms with Crippen molar-refractivity contribution in [3.05, 3.63) is 42.2 Å². The second-order valence-corrected chi connectivity index (χ2v) is 15.4. The lowest BCUT2D eigenvalue weighted by molar-refractivity contribution is 0.199. The van der Waals surface area contributed by atoms with Gasteiger partial charge in [0.15, 0.2) is 14.1 Å². The number of rotatable bonds is 19. The third-order valence-electron chi connectivity index (χ3n) is 6.22. The number of benzene rings is 1. The van der Waals surface area contributed by atoms with Gasteiger partial charge in [0, 0.05) is 24.1 Å². The van der Waals surface area contributed by atoms with Gasteiger partial charge in [-0.3, -0.25) is 0 Å². The minimum Gasteiger partial charge on any atom is -0.494 e. The summed E-state index contributed by atoms with van der Waals surface area (Å²) in [7, 11) is -1.42. The summed E-state index contributed by atoms with van der Waals surface area (Å²) in [5.41, 5.74) is 2.25. The van der Waals surface area contributed by atoms with Crippen molar-refractivity contribution < 1.29 is 9.16 Å². The molecule has 35 heavy (non-hydrogen) atoms. The predicted octanol–water partition coefficient (Wildman–Crippen LogP) is 9.01. The van der Waals surface area contributed by atoms with Crippen LogP contribution in [0, 0.1) is 0 Å². The number of nitrogens with zero attached hydrogens (tertiary/aromatic N) is 2. The van der Waals surface area contributed by atoms with Crippen LogP contribution >= 0.6 is 0 Å². The maximum Gasteiger partial charge on any atom is 0.184 e. The smallest absolute Gasteiger partial charge is 0.184 e. The van der Waals surface area contributed by atoms with Crippen molar-refractivity contribution in [3.63, 3.8) is 0 Å².